The fourth-order valence-electron chi connectivity index (χ4n) is 5.27. The second-order valence-corrected chi connectivity index (χ2v) is 14.6. The molecule has 2 aliphatic rings. The first-order valence-corrected chi connectivity index (χ1v) is 14.9. The van der Waals surface area contributed by atoms with Gasteiger partial charge in [-0.3, -0.25) is 0 Å². The molecular weight excluding hydrogens is 491 g/mol. The van der Waals surface area contributed by atoms with Crippen molar-refractivity contribution in [2.24, 2.45) is 0 Å². The second-order valence-electron chi connectivity index (χ2n) is 10.3. The summed E-state index contributed by atoms with van der Waals surface area (Å²) in [6.45, 7) is 4.72. The quantitative estimate of drug-likeness (QED) is 0.295. The molecule has 3 aromatic rings. The minimum atomic E-state index is -2.15. The van der Waals surface area contributed by atoms with Crippen LogP contribution in [0.3, 0.4) is 0 Å². The number of aromatic nitrogens is 1. The summed E-state index contributed by atoms with van der Waals surface area (Å²) in [5, 5.41) is 14.6. The Morgan fingerprint density at radius 1 is 0.865 bits per heavy atom. The molecule has 0 amide bonds. The largest absolute Gasteiger partial charge is 2.00 e. The van der Waals surface area contributed by atoms with E-state index >= 15 is 0 Å². The molecule has 0 spiro atoms. The predicted molar refractivity (Wildman–Crippen MR) is 150 cm³/mol. The smallest absolute Gasteiger partial charge is 0.544 e. The van der Waals surface area contributed by atoms with E-state index in [0.29, 0.717) is 11.3 Å². The first kappa shape index (κ1) is 26.8. The maximum atomic E-state index is 13.0. The summed E-state index contributed by atoms with van der Waals surface area (Å²) in [5.41, 5.74) is 6.35. The summed E-state index contributed by atoms with van der Waals surface area (Å²) in [6, 6.07) is 18.5. The van der Waals surface area contributed by atoms with Crippen LogP contribution in [0.2, 0.25) is 13.1 Å². The number of hydrogen-bond donors (Lipinski definition) is 0. The van der Waals surface area contributed by atoms with Crippen molar-refractivity contribution in [3.05, 3.63) is 89.3 Å². The average Bonchev–Trinajstić information content (AvgIpc) is 2.84. The Balaban J connectivity index is 0.00000320. The van der Waals surface area contributed by atoms with Crippen molar-refractivity contribution in [3.8, 4) is 0 Å². The molecule has 0 bridgehead atoms. The summed E-state index contributed by atoms with van der Waals surface area (Å²) >= 11 is 0. The summed E-state index contributed by atoms with van der Waals surface area (Å²) in [5.74, 6) is -2.07. The maximum Gasteiger partial charge on any atom is 2.00 e. The molecule has 2 aromatic carbocycles. The standard InChI is InChI=1S/C29H29N3O3Si.Mg/c1-30(2)18-10-12-20-25(15-18)36(5,6)26-16-19(31(3)4)11-13-21(26)27(20)22-17-23(29(34)35)28(33)32-14-8-7-9-24(22)32;/h7-17H,1-6H3;/q;+2. The summed E-state index contributed by atoms with van der Waals surface area (Å²) in [4.78, 5) is 29.2. The molecule has 3 heterocycles. The number of pyridine rings is 1. The number of nitrogens with zero attached hydrogens (tertiary/aromatic N) is 3. The van der Waals surface area contributed by atoms with E-state index in [0.717, 1.165) is 28.1 Å². The van der Waals surface area contributed by atoms with Crippen molar-refractivity contribution < 1.29 is 19.3 Å². The number of rotatable bonds is 3. The third-order valence-corrected chi connectivity index (χ3v) is 10.8. The monoisotopic (exact) mass is 519 g/mol. The molecule has 0 fully saturated rings. The van der Waals surface area contributed by atoms with Crippen molar-refractivity contribution in [2.45, 2.75) is 13.1 Å². The number of benzene rings is 2. The molecule has 1 aromatic heterocycles. The van der Waals surface area contributed by atoms with Gasteiger partial charge in [-0.05, 0) is 57.9 Å². The molecule has 0 radical (unpaired) electrons. The average molecular weight is 520 g/mol. The predicted octanol–water partition coefficient (Wildman–Crippen LogP) is 1.15. The Hall–Kier alpha value is -3.21. The Morgan fingerprint density at radius 3 is 1.89 bits per heavy atom. The van der Waals surface area contributed by atoms with Crippen LogP contribution in [0.25, 0.3) is 11.1 Å². The van der Waals surface area contributed by atoms with Crippen LogP contribution in [0.5, 0.6) is 0 Å². The number of hydrogen-bond acceptors (Lipinski definition) is 5. The first-order valence-electron chi connectivity index (χ1n) is 11.9. The van der Waals surface area contributed by atoms with Crippen molar-refractivity contribution in [2.75, 3.05) is 38.0 Å². The van der Waals surface area contributed by atoms with Crippen LogP contribution in [0.15, 0.2) is 72.4 Å². The van der Waals surface area contributed by atoms with Gasteiger partial charge in [0.15, 0.2) is 6.20 Å². The van der Waals surface area contributed by atoms with E-state index in [4.69, 9.17) is 0 Å². The third-order valence-electron chi connectivity index (χ3n) is 7.29. The van der Waals surface area contributed by atoms with E-state index in [1.165, 1.54) is 21.0 Å². The second kappa shape index (κ2) is 9.59. The van der Waals surface area contributed by atoms with Gasteiger partial charge in [0, 0.05) is 57.3 Å². The number of fused-ring (bicyclic) bond motifs is 3. The SMILES string of the molecule is CN(C)c1ccc2c(c1)[Si](C)(C)c1cc(N(C)C)ccc1C2=C1C=C(C(=O)[O-])C(=O)[n+]2ccccc21.[Mg+2]. The van der Waals surface area contributed by atoms with Gasteiger partial charge < -0.3 is 19.7 Å². The fraction of sp³-hybridized carbons (Fsp3) is 0.207. The molecular formula is C29H29MgN3O3Si+2. The number of aliphatic carboxylic acids is 1. The Labute approximate surface area is 234 Å². The van der Waals surface area contributed by atoms with Gasteiger partial charge in [0.05, 0.1) is 11.5 Å². The van der Waals surface area contributed by atoms with Gasteiger partial charge in [-0.15, -0.1) is 4.57 Å². The van der Waals surface area contributed by atoms with E-state index in [-0.39, 0.29) is 28.6 Å². The molecule has 0 saturated carbocycles. The minimum Gasteiger partial charge on any atom is -0.544 e. The number of carbonyl (C=O) groups excluding carboxylic acids is 2. The number of carboxylic acid groups (broad SMARTS) is 1. The molecule has 5 rings (SSSR count). The number of carboxylic acids is 1. The van der Waals surface area contributed by atoms with E-state index in [1.807, 2.05) is 40.3 Å². The van der Waals surface area contributed by atoms with Gasteiger partial charge in [-0.2, -0.15) is 0 Å². The summed E-state index contributed by atoms with van der Waals surface area (Å²) in [7, 11) is 5.99. The van der Waals surface area contributed by atoms with E-state index < -0.39 is 20.0 Å². The van der Waals surface area contributed by atoms with Gasteiger partial charge in [-0.1, -0.05) is 25.2 Å². The number of carbonyl (C=O) groups is 2. The topological polar surface area (TPSA) is 67.6 Å². The van der Waals surface area contributed by atoms with Crippen LogP contribution in [-0.4, -0.2) is 71.2 Å². The first-order chi connectivity index (χ1) is 17.0. The van der Waals surface area contributed by atoms with Crippen molar-refractivity contribution in [3.63, 3.8) is 0 Å². The number of anilines is 2. The molecule has 0 saturated heterocycles. The van der Waals surface area contributed by atoms with E-state index in [2.05, 4.69) is 59.3 Å². The van der Waals surface area contributed by atoms with Gasteiger partial charge >= 0.3 is 29.0 Å². The van der Waals surface area contributed by atoms with Crippen LogP contribution in [-0.2, 0) is 4.79 Å². The number of allylic oxidation sites excluding steroid dienone is 2. The van der Waals surface area contributed by atoms with E-state index in [9.17, 15) is 14.7 Å². The zero-order valence-corrected chi connectivity index (χ0v) is 24.5. The van der Waals surface area contributed by atoms with Crippen LogP contribution < -0.4 is 29.8 Å². The molecule has 0 aliphatic carbocycles. The van der Waals surface area contributed by atoms with Gasteiger partial charge in [0.25, 0.3) is 0 Å². The summed E-state index contributed by atoms with van der Waals surface area (Å²) < 4.78 is 1.41. The Bertz CT molecular complexity index is 1460. The van der Waals surface area contributed by atoms with Crippen LogP contribution in [0.1, 0.15) is 21.6 Å². The maximum absolute atomic E-state index is 13.0. The van der Waals surface area contributed by atoms with Crippen molar-refractivity contribution >= 4 is 75.9 Å². The normalized spacial score (nSPS) is 15.1. The van der Waals surface area contributed by atoms with Crippen LogP contribution >= 0.6 is 0 Å². The molecule has 0 unspecified atom stereocenters. The molecule has 6 nitrogen and oxygen atoms in total. The van der Waals surface area contributed by atoms with Crippen molar-refractivity contribution in [1.82, 2.24) is 0 Å². The Morgan fingerprint density at radius 2 is 1.41 bits per heavy atom. The third kappa shape index (κ3) is 4.22. The van der Waals surface area contributed by atoms with Gasteiger partial charge in [0.2, 0.25) is 5.69 Å². The summed E-state index contributed by atoms with van der Waals surface area (Å²) in [6.07, 6.45) is 3.11. The molecule has 0 N–H and O–H groups in total. The zero-order chi connectivity index (χ0) is 25.9. The Kier molecular flexibility index (Phi) is 6.96. The van der Waals surface area contributed by atoms with Gasteiger partial charge in [-0.25, -0.2) is 4.79 Å². The molecule has 37 heavy (non-hydrogen) atoms. The fourth-order valence-corrected chi connectivity index (χ4v) is 8.34. The van der Waals surface area contributed by atoms with Crippen LogP contribution in [0, 0.1) is 0 Å². The molecule has 0 atom stereocenters. The molecule has 182 valence electrons. The molecule has 8 heteroatoms. The van der Waals surface area contributed by atoms with Gasteiger partial charge in [0.1, 0.15) is 13.6 Å². The zero-order valence-electron chi connectivity index (χ0n) is 22.1. The van der Waals surface area contributed by atoms with Crippen LogP contribution in [0.4, 0.5) is 11.4 Å². The molecule has 2 aliphatic heterocycles. The minimum absolute atomic E-state index is 0. The van der Waals surface area contributed by atoms with E-state index in [1.54, 1.807) is 12.3 Å². The van der Waals surface area contributed by atoms with Crippen molar-refractivity contribution in [1.29, 1.82) is 0 Å².